The number of rotatable bonds is 6. The molecule has 0 unspecified atom stereocenters. The fourth-order valence-electron chi connectivity index (χ4n) is 3.62. The van der Waals surface area contributed by atoms with Gasteiger partial charge in [0.15, 0.2) is 5.17 Å². The molecule has 2 aromatic rings. The average molecular weight is 435 g/mol. The number of fused-ring (bicyclic) bond motifs is 3. The van der Waals surface area contributed by atoms with Crippen LogP contribution < -0.4 is 5.32 Å². The Kier molecular flexibility index (Phi) is 6.23. The van der Waals surface area contributed by atoms with Crippen molar-refractivity contribution in [2.75, 3.05) is 0 Å². The molecule has 0 aromatic heterocycles. The predicted octanol–water partition coefficient (Wildman–Crippen LogP) is 4.13. The summed E-state index contributed by atoms with van der Waals surface area (Å²) in [6.45, 7) is 6.46. The summed E-state index contributed by atoms with van der Waals surface area (Å²) < 4.78 is 0. The summed E-state index contributed by atoms with van der Waals surface area (Å²) in [7, 11) is 0. The fraction of sp³-hybridized carbons (Fsp3) is 0.333. The van der Waals surface area contributed by atoms with Gasteiger partial charge in [-0.15, -0.1) is 0 Å². The Bertz CT molecular complexity index is 1050. The van der Waals surface area contributed by atoms with E-state index < -0.39 is 11.3 Å². The van der Waals surface area contributed by atoms with Crippen LogP contribution in [0, 0.1) is 5.92 Å². The van der Waals surface area contributed by atoms with E-state index in [1.54, 1.807) is 4.90 Å². The Morgan fingerprint density at radius 2 is 1.81 bits per heavy atom. The summed E-state index contributed by atoms with van der Waals surface area (Å²) in [6, 6.07) is 17.1. The maximum atomic E-state index is 13.2. The van der Waals surface area contributed by atoms with Gasteiger partial charge in [0.1, 0.15) is 11.9 Å². The maximum Gasteiger partial charge on any atom is 0.259 e. The van der Waals surface area contributed by atoms with Crippen molar-refractivity contribution in [2.45, 2.75) is 45.0 Å². The topological polar surface area (TPSA) is 74.1 Å². The second-order valence-corrected chi connectivity index (χ2v) is 9.45. The molecule has 7 heteroatoms. The Balaban J connectivity index is 1.53. The SMILES string of the molecule is CC(C)C[C@H]1N=C2c3ccccc3N=C(S[C@H](C)C(=O)NCc3ccccc3)N2C1=O. The van der Waals surface area contributed by atoms with E-state index in [0.29, 0.717) is 29.9 Å². The molecule has 31 heavy (non-hydrogen) atoms. The molecule has 2 atom stereocenters. The first-order valence-electron chi connectivity index (χ1n) is 10.5. The summed E-state index contributed by atoms with van der Waals surface area (Å²) in [5.41, 5.74) is 2.67. The molecule has 0 bridgehead atoms. The molecule has 6 nitrogen and oxygen atoms in total. The smallest absolute Gasteiger partial charge is 0.259 e. The molecule has 160 valence electrons. The standard InChI is InChI=1S/C24H26N4O2S/c1-15(2)13-20-23(30)28-21(26-20)18-11-7-8-12-19(18)27-24(28)31-16(3)22(29)25-14-17-9-5-4-6-10-17/h4-12,15-16,20H,13-14H2,1-3H3,(H,25,29)/t16-,20-/m1/s1. The minimum absolute atomic E-state index is 0.0682. The summed E-state index contributed by atoms with van der Waals surface area (Å²) >= 11 is 1.29. The van der Waals surface area contributed by atoms with Gasteiger partial charge in [-0.05, 0) is 37.0 Å². The molecular weight excluding hydrogens is 408 g/mol. The van der Waals surface area contributed by atoms with E-state index in [1.165, 1.54) is 11.8 Å². The van der Waals surface area contributed by atoms with Crippen LogP contribution in [0.4, 0.5) is 5.69 Å². The van der Waals surface area contributed by atoms with E-state index in [4.69, 9.17) is 9.98 Å². The number of nitrogens with one attached hydrogen (secondary N) is 1. The van der Waals surface area contributed by atoms with Gasteiger partial charge in [0, 0.05) is 12.1 Å². The quantitative estimate of drug-likeness (QED) is 0.743. The first-order chi connectivity index (χ1) is 14.9. The van der Waals surface area contributed by atoms with Gasteiger partial charge in [0.05, 0.1) is 10.9 Å². The van der Waals surface area contributed by atoms with E-state index in [0.717, 1.165) is 16.8 Å². The van der Waals surface area contributed by atoms with Crippen molar-refractivity contribution >= 4 is 40.3 Å². The van der Waals surface area contributed by atoms with Gasteiger partial charge in [0.2, 0.25) is 5.91 Å². The zero-order valence-electron chi connectivity index (χ0n) is 17.9. The van der Waals surface area contributed by atoms with Crippen molar-refractivity contribution in [3.63, 3.8) is 0 Å². The highest BCUT2D eigenvalue weighted by atomic mass is 32.2. The van der Waals surface area contributed by atoms with Crippen LogP contribution in [0.25, 0.3) is 0 Å². The fourth-order valence-corrected chi connectivity index (χ4v) is 4.56. The van der Waals surface area contributed by atoms with Crippen LogP contribution in [-0.2, 0) is 16.1 Å². The van der Waals surface area contributed by atoms with Crippen LogP contribution in [0.15, 0.2) is 64.6 Å². The van der Waals surface area contributed by atoms with Gasteiger partial charge < -0.3 is 5.32 Å². The summed E-state index contributed by atoms with van der Waals surface area (Å²) in [4.78, 5) is 36.9. The first kappa shape index (κ1) is 21.3. The summed E-state index contributed by atoms with van der Waals surface area (Å²) in [5, 5.41) is 3.06. The number of benzene rings is 2. The van der Waals surface area contributed by atoms with Crippen molar-refractivity contribution in [1.29, 1.82) is 0 Å². The van der Waals surface area contributed by atoms with Gasteiger partial charge in [-0.25, -0.2) is 9.89 Å². The highest BCUT2D eigenvalue weighted by Crippen LogP contribution is 2.35. The molecule has 2 aliphatic rings. The Labute approximate surface area is 186 Å². The van der Waals surface area contributed by atoms with Crippen molar-refractivity contribution < 1.29 is 9.59 Å². The highest BCUT2D eigenvalue weighted by Gasteiger charge is 2.42. The van der Waals surface area contributed by atoms with Gasteiger partial charge in [-0.3, -0.25) is 14.6 Å². The van der Waals surface area contributed by atoms with E-state index in [-0.39, 0.29) is 11.8 Å². The lowest BCUT2D eigenvalue weighted by atomic mass is 10.0. The summed E-state index contributed by atoms with van der Waals surface area (Å²) in [6.07, 6.45) is 0.687. The van der Waals surface area contributed by atoms with E-state index in [2.05, 4.69) is 19.2 Å². The number of nitrogens with zero attached hydrogens (tertiary/aromatic N) is 3. The second kappa shape index (κ2) is 9.06. The number of hydrogen-bond acceptors (Lipinski definition) is 5. The van der Waals surface area contributed by atoms with E-state index >= 15 is 0 Å². The van der Waals surface area contributed by atoms with Crippen molar-refractivity contribution in [1.82, 2.24) is 10.2 Å². The van der Waals surface area contributed by atoms with E-state index in [9.17, 15) is 9.59 Å². The van der Waals surface area contributed by atoms with Gasteiger partial charge in [-0.1, -0.05) is 68.1 Å². The van der Waals surface area contributed by atoms with Crippen molar-refractivity contribution in [3.8, 4) is 0 Å². The molecule has 0 radical (unpaired) electrons. The molecule has 4 rings (SSSR count). The molecule has 0 spiro atoms. The molecule has 0 saturated carbocycles. The third-order valence-electron chi connectivity index (χ3n) is 5.20. The van der Waals surface area contributed by atoms with Crippen LogP contribution in [0.5, 0.6) is 0 Å². The minimum atomic E-state index is -0.411. The number of thioether (sulfide) groups is 1. The molecule has 0 fully saturated rings. The number of carbonyl (C=O) groups is 2. The molecule has 2 heterocycles. The Morgan fingerprint density at radius 3 is 2.55 bits per heavy atom. The minimum Gasteiger partial charge on any atom is -0.351 e. The largest absolute Gasteiger partial charge is 0.351 e. The van der Waals surface area contributed by atoms with Crippen LogP contribution in [0.3, 0.4) is 0 Å². The third kappa shape index (κ3) is 4.56. The predicted molar refractivity (Wildman–Crippen MR) is 126 cm³/mol. The second-order valence-electron chi connectivity index (χ2n) is 8.15. The first-order valence-corrected chi connectivity index (χ1v) is 11.4. The summed E-state index contributed by atoms with van der Waals surface area (Å²) in [5.74, 6) is 0.826. The number of aliphatic imine (C=N–C) groups is 2. The average Bonchev–Trinajstić information content (AvgIpc) is 3.08. The van der Waals surface area contributed by atoms with Crippen LogP contribution in [-0.4, -0.2) is 39.0 Å². The highest BCUT2D eigenvalue weighted by molar-refractivity contribution is 8.15. The maximum absolute atomic E-state index is 13.2. The lowest BCUT2D eigenvalue weighted by Crippen LogP contribution is -2.43. The van der Waals surface area contributed by atoms with Gasteiger partial charge in [-0.2, -0.15) is 0 Å². The Hall–Kier alpha value is -2.93. The van der Waals surface area contributed by atoms with Gasteiger partial charge in [0.25, 0.3) is 5.91 Å². The Morgan fingerprint density at radius 1 is 1.10 bits per heavy atom. The number of amides is 2. The van der Waals surface area contributed by atoms with Crippen LogP contribution >= 0.6 is 11.8 Å². The number of carbonyl (C=O) groups excluding carboxylic acids is 2. The normalized spacial score (nSPS) is 18.3. The molecule has 2 aromatic carbocycles. The number of amidine groups is 2. The molecular formula is C24H26N4O2S. The van der Waals surface area contributed by atoms with Crippen LogP contribution in [0.2, 0.25) is 0 Å². The van der Waals surface area contributed by atoms with E-state index in [1.807, 2.05) is 61.5 Å². The molecule has 0 aliphatic carbocycles. The third-order valence-corrected chi connectivity index (χ3v) is 6.26. The lowest BCUT2D eigenvalue weighted by molar-refractivity contribution is -0.125. The van der Waals surface area contributed by atoms with Gasteiger partial charge >= 0.3 is 0 Å². The van der Waals surface area contributed by atoms with Crippen molar-refractivity contribution in [2.24, 2.45) is 15.9 Å². The van der Waals surface area contributed by atoms with Crippen LogP contribution in [0.1, 0.15) is 38.3 Å². The molecule has 1 N–H and O–H groups in total. The van der Waals surface area contributed by atoms with Crippen molar-refractivity contribution in [3.05, 3.63) is 65.7 Å². The molecule has 0 saturated heterocycles. The zero-order valence-corrected chi connectivity index (χ0v) is 18.7. The number of hydrogen-bond donors (Lipinski definition) is 1. The molecule has 2 amide bonds. The lowest BCUT2D eigenvalue weighted by Gasteiger charge is -2.27. The monoisotopic (exact) mass is 434 g/mol. The molecule has 2 aliphatic heterocycles. The zero-order chi connectivity index (χ0) is 22.0. The number of para-hydroxylation sites is 1.